The van der Waals surface area contributed by atoms with Gasteiger partial charge in [0.25, 0.3) is 5.91 Å². The number of nitrogens with one attached hydrogen (secondary N) is 1. The van der Waals surface area contributed by atoms with E-state index in [9.17, 15) is 4.79 Å². The van der Waals surface area contributed by atoms with E-state index in [-0.39, 0.29) is 5.91 Å². The molecule has 0 atom stereocenters. The molecule has 0 spiro atoms. The summed E-state index contributed by atoms with van der Waals surface area (Å²) in [5.74, 6) is 0.616. The minimum atomic E-state index is -0.0786. The van der Waals surface area contributed by atoms with Crippen LogP contribution in [0.2, 0.25) is 0 Å². The van der Waals surface area contributed by atoms with Gasteiger partial charge in [-0.3, -0.25) is 9.78 Å². The Bertz CT molecular complexity index is 653. The molecule has 0 saturated heterocycles. The van der Waals surface area contributed by atoms with Gasteiger partial charge in [-0.2, -0.15) is 0 Å². The van der Waals surface area contributed by atoms with Crippen LogP contribution in [0.1, 0.15) is 26.1 Å². The van der Waals surface area contributed by atoms with Crippen LogP contribution in [0.25, 0.3) is 0 Å². The van der Waals surface area contributed by atoms with E-state index in [1.54, 1.807) is 6.20 Å². The number of aromatic nitrogens is 2. The minimum absolute atomic E-state index is 0.0786. The van der Waals surface area contributed by atoms with Gasteiger partial charge in [0.15, 0.2) is 0 Å². The number of nitrogens with zero attached hydrogens (tertiary/aromatic N) is 3. The predicted molar refractivity (Wildman–Crippen MR) is 91.0 cm³/mol. The summed E-state index contributed by atoms with van der Waals surface area (Å²) in [6.45, 7) is 5.52. The summed E-state index contributed by atoms with van der Waals surface area (Å²) in [7, 11) is 3.94. The SMILES string of the molecule is Cc1ccc(OCc2nc(C)c(C(=O)NCCN(C)C)s2)cn1. The van der Waals surface area contributed by atoms with E-state index in [0.717, 1.165) is 22.9 Å². The zero-order valence-electron chi connectivity index (χ0n) is 13.9. The molecule has 0 fully saturated rings. The first kappa shape index (κ1) is 17.4. The number of rotatable bonds is 7. The maximum absolute atomic E-state index is 12.2. The number of carbonyl (C=O) groups is 1. The van der Waals surface area contributed by atoms with E-state index in [0.29, 0.717) is 23.8 Å². The molecule has 0 unspecified atom stereocenters. The van der Waals surface area contributed by atoms with Crippen molar-refractivity contribution in [3.05, 3.63) is 39.6 Å². The van der Waals surface area contributed by atoms with Crippen molar-refractivity contribution in [2.75, 3.05) is 27.2 Å². The molecule has 23 heavy (non-hydrogen) atoms. The lowest BCUT2D eigenvalue weighted by Crippen LogP contribution is -2.31. The van der Waals surface area contributed by atoms with Crippen LogP contribution >= 0.6 is 11.3 Å². The Kier molecular flexibility index (Phi) is 6.06. The average molecular weight is 334 g/mol. The van der Waals surface area contributed by atoms with Crippen molar-refractivity contribution < 1.29 is 9.53 Å². The molecule has 2 aromatic rings. The van der Waals surface area contributed by atoms with Crippen LogP contribution in [0.5, 0.6) is 5.75 Å². The van der Waals surface area contributed by atoms with Gasteiger partial charge in [0, 0.05) is 18.8 Å². The molecule has 0 aliphatic carbocycles. The van der Waals surface area contributed by atoms with Crippen LogP contribution < -0.4 is 10.1 Å². The maximum atomic E-state index is 12.2. The van der Waals surface area contributed by atoms with Crippen LogP contribution in [0.3, 0.4) is 0 Å². The van der Waals surface area contributed by atoms with E-state index < -0.39 is 0 Å². The van der Waals surface area contributed by atoms with Crippen molar-refractivity contribution in [2.45, 2.75) is 20.5 Å². The van der Waals surface area contributed by atoms with Gasteiger partial charge in [0.05, 0.1) is 11.9 Å². The lowest BCUT2D eigenvalue weighted by molar-refractivity contribution is 0.0954. The van der Waals surface area contributed by atoms with Crippen LogP contribution in [0, 0.1) is 13.8 Å². The number of thiazole rings is 1. The van der Waals surface area contributed by atoms with Gasteiger partial charge in [-0.05, 0) is 40.1 Å². The molecule has 0 saturated carbocycles. The highest BCUT2D eigenvalue weighted by molar-refractivity contribution is 7.13. The number of hydrogen-bond donors (Lipinski definition) is 1. The Morgan fingerprint density at radius 3 is 2.78 bits per heavy atom. The summed E-state index contributed by atoms with van der Waals surface area (Å²) in [5, 5.41) is 3.68. The molecule has 124 valence electrons. The number of carbonyl (C=O) groups excluding carboxylic acids is 1. The van der Waals surface area contributed by atoms with E-state index in [4.69, 9.17) is 4.74 Å². The second-order valence-electron chi connectivity index (χ2n) is 5.51. The smallest absolute Gasteiger partial charge is 0.263 e. The summed E-state index contributed by atoms with van der Waals surface area (Å²) >= 11 is 1.37. The molecular formula is C16H22N4O2S. The highest BCUT2D eigenvalue weighted by Gasteiger charge is 2.15. The number of hydrogen-bond acceptors (Lipinski definition) is 6. The molecular weight excluding hydrogens is 312 g/mol. The molecule has 0 aliphatic rings. The molecule has 0 aliphatic heterocycles. The van der Waals surface area contributed by atoms with Crippen LogP contribution in [-0.4, -0.2) is 48.0 Å². The fourth-order valence-electron chi connectivity index (χ4n) is 1.88. The Morgan fingerprint density at radius 2 is 2.13 bits per heavy atom. The van der Waals surface area contributed by atoms with Crippen molar-refractivity contribution in [2.24, 2.45) is 0 Å². The minimum Gasteiger partial charge on any atom is -0.485 e. The molecule has 2 heterocycles. The van der Waals surface area contributed by atoms with Gasteiger partial charge in [0.2, 0.25) is 0 Å². The van der Waals surface area contributed by atoms with Gasteiger partial charge in [0.1, 0.15) is 22.2 Å². The topological polar surface area (TPSA) is 67.3 Å². The van der Waals surface area contributed by atoms with E-state index in [1.807, 2.05) is 45.0 Å². The lowest BCUT2D eigenvalue weighted by atomic mass is 10.3. The third-order valence-electron chi connectivity index (χ3n) is 3.14. The second kappa shape index (κ2) is 8.03. The zero-order valence-corrected chi connectivity index (χ0v) is 14.7. The van der Waals surface area contributed by atoms with Crippen molar-refractivity contribution in [1.82, 2.24) is 20.2 Å². The van der Waals surface area contributed by atoms with Gasteiger partial charge in [-0.15, -0.1) is 11.3 Å². The number of pyridine rings is 1. The largest absolute Gasteiger partial charge is 0.485 e. The third kappa shape index (κ3) is 5.30. The summed E-state index contributed by atoms with van der Waals surface area (Å²) in [6, 6.07) is 3.77. The molecule has 1 N–H and O–H groups in total. The van der Waals surface area contributed by atoms with Crippen LogP contribution in [0.4, 0.5) is 0 Å². The number of amides is 1. The number of aryl methyl sites for hydroxylation is 2. The lowest BCUT2D eigenvalue weighted by Gasteiger charge is -2.09. The van der Waals surface area contributed by atoms with Crippen molar-refractivity contribution in [1.29, 1.82) is 0 Å². The first-order valence-electron chi connectivity index (χ1n) is 7.40. The molecule has 2 rings (SSSR count). The van der Waals surface area contributed by atoms with Crippen molar-refractivity contribution in [3.8, 4) is 5.75 Å². The van der Waals surface area contributed by atoms with E-state index in [2.05, 4.69) is 15.3 Å². The van der Waals surface area contributed by atoms with E-state index in [1.165, 1.54) is 11.3 Å². The van der Waals surface area contributed by atoms with Gasteiger partial charge in [-0.1, -0.05) is 0 Å². The number of ether oxygens (including phenoxy) is 1. The quantitative estimate of drug-likeness (QED) is 0.839. The molecule has 0 aromatic carbocycles. The maximum Gasteiger partial charge on any atom is 0.263 e. The standard InChI is InChI=1S/C16H22N4O2S/c1-11-5-6-13(9-18-11)22-10-14-19-12(2)15(23-14)16(21)17-7-8-20(3)4/h5-6,9H,7-8,10H2,1-4H3,(H,17,21). The van der Waals surface area contributed by atoms with Crippen molar-refractivity contribution in [3.63, 3.8) is 0 Å². The monoisotopic (exact) mass is 334 g/mol. The van der Waals surface area contributed by atoms with E-state index >= 15 is 0 Å². The number of likely N-dealkylation sites (N-methyl/N-ethyl adjacent to an activating group) is 1. The average Bonchev–Trinajstić information content (AvgIpc) is 2.87. The zero-order chi connectivity index (χ0) is 16.8. The van der Waals surface area contributed by atoms with Crippen LogP contribution in [-0.2, 0) is 6.61 Å². The second-order valence-corrected chi connectivity index (χ2v) is 6.59. The Balaban J connectivity index is 1.92. The molecule has 7 heteroatoms. The fraction of sp³-hybridized carbons (Fsp3) is 0.438. The molecule has 1 amide bonds. The third-order valence-corrected chi connectivity index (χ3v) is 4.27. The van der Waals surface area contributed by atoms with Gasteiger partial charge < -0.3 is 15.0 Å². The molecule has 0 bridgehead atoms. The van der Waals surface area contributed by atoms with Crippen molar-refractivity contribution >= 4 is 17.2 Å². The summed E-state index contributed by atoms with van der Waals surface area (Å²) in [6.07, 6.45) is 1.69. The predicted octanol–water partition coefficient (Wildman–Crippen LogP) is 2.03. The first-order chi connectivity index (χ1) is 11.0. The Labute approximate surface area is 140 Å². The van der Waals surface area contributed by atoms with Gasteiger partial charge in [-0.25, -0.2) is 4.98 Å². The summed E-state index contributed by atoms with van der Waals surface area (Å²) in [4.78, 5) is 23.4. The first-order valence-corrected chi connectivity index (χ1v) is 8.22. The molecule has 2 aromatic heterocycles. The highest BCUT2D eigenvalue weighted by Crippen LogP contribution is 2.20. The molecule has 6 nitrogen and oxygen atoms in total. The highest BCUT2D eigenvalue weighted by atomic mass is 32.1. The summed E-state index contributed by atoms with van der Waals surface area (Å²) < 4.78 is 5.65. The van der Waals surface area contributed by atoms with Gasteiger partial charge >= 0.3 is 0 Å². The Morgan fingerprint density at radius 1 is 1.35 bits per heavy atom. The van der Waals surface area contributed by atoms with Crippen LogP contribution in [0.15, 0.2) is 18.3 Å². The Hall–Kier alpha value is -1.99. The fourth-order valence-corrected chi connectivity index (χ4v) is 2.78. The molecule has 0 radical (unpaired) electrons. The normalized spacial score (nSPS) is 10.8. The summed E-state index contributed by atoms with van der Waals surface area (Å²) in [5.41, 5.74) is 1.68.